The normalized spacial score (nSPS) is 17.7. The predicted octanol–water partition coefficient (Wildman–Crippen LogP) is 2.20. The number of nitriles is 1. The molecule has 1 aliphatic rings. The summed E-state index contributed by atoms with van der Waals surface area (Å²) in [6, 6.07) is 6.74. The van der Waals surface area contributed by atoms with E-state index in [1.807, 2.05) is 6.07 Å². The van der Waals surface area contributed by atoms with Crippen LogP contribution in [0.1, 0.15) is 18.4 Å². The largest absolute Gasteiger partial charge is 0.380 e. The second-order valence-electron chi connectivity index (χ2n) is 4.53. The molecule has 0 atom stereocenters. The van der Waals surface area contributed by atoms with Crippen molar-refractivity contribution in [1.82, 2.24) is 4.90 Å². The first-order valence-electron chi connectivity index (χ1n) is 5.84. The number of anilines is 1. The van der Waals surface area contributed by atoms with Gasteiger partial charge in [0.1, 0.15) is 5.82 Å². The third kappa shape index (κ3) is 2.95. The second-order valence-corrected chi connectivity index (χ2v) is 4.53. The molecule has 1 saturated heterocycles. The summed E-state index contributed by atoms with van der Waals surface area (Å²) >= 11 is 0. The third-order valence-electron chi connectivity index (χ3n) is 3.17. The minimum atomic E-state index is -0.289. The average molecular weight is 233 g/mol. The zero-order chi connectivity index (χ0) is 12.3. The Balaban J connectivity index is 2.05. The maximum Gasteiger partial charge on any atom is 0.146 e. The molecular weight excluding hydrogens is 217 g/mol. The highest BCUT2D eigenvalue weighted by molar-refractivity contribution is 5.51. The summed E-state index contributed by atoms with van der Waals surface area (Å²) in [5, 5.41) is 12.0. The SMILES string of the molecule is CN1CCC(Nc2cc(C#N)ccc2F)CC1. The van der Waals surface area contributed by atoms with Crippen molar-refractivity contribution in [1.29, 1.82) is 5.26 Å². The summed E-state index contributed by atoms with van der Waals surface area (Å²) in [6.45, 7) is 2.05. The van der Waals surface area contributed by atoms with Gasteiger partial charge in [0.15, 0.2) is 0 Å². The first kappa shape index (κ1) is 11.9. The topological polar surface area (TPSA) is 39.1 Å². The molecule has 0 unspecified atom stereocenters. The second kappa shape index (κ2) is 5.15. The molecule has 90 valence electrons. The van der Waals surface area contributed by atoms with E-state index in [-0.39, 0.29) is 5.82 Å². The molecule has 1 fully saturated rings. The van der Waals surface area contributed by atoms with Gasteiger partial charge >= 0.3 is 0 Å². The van der Waals surface area contributed by atoms with Crippen LogP contribution in [0.3, 0.4) is 0 Å². The summed E-state index contributed by atoms with van der Waals surface area (Å²) in [5.74, 6) is -0.289. The fourth-order valence-electron chi connectivity index (χ4n) is 2.08. The van der Waals surface area contributed by atoms with Gasteiger partial charge in [-0.15, -0.1) is 0 Å². The van der Waals surface area contributed by atoms with Crippen LogP contribution in [-0.2, 0) is 0 Å². The van der Waals surface area contributed by atoms with Crippen LogP contribution in [0.5, 0.6) is 0 Å². The molecule has 4 heteroatoms. The highest BCUT2D eigenvalue weighted by Gasteiger charge is 2.17. The highest BCUT2D eigenvalue weighted by atomic mass is 19.1. The first-order chi connectivity index (χ1) is 8.19. The molecule has 1 aromatic rings. The number of hydrogen-bond donors (Lipinski definition) is 1. The number of nitrogens with one attached hydrogen (secondary N) is 1. The van der Waals surface area contributed by atoms with Crippen molar-refractivity contribution in [2.75, 3.05) is 25.5 Å². The summed E-state index contributed by atoms with van der Waals surface area (Å²) in [7, 11) is 2.09. The van der Waals surface area contributed by atoms with E-state index in [0.29, 0.717) is 17.3 Å². The van der Waals surface area contributed by atoms with Gasteiger partial charge in [0.2, 0.25) is 0 Å². The van der Waals surface area contributed by atoms with E-state index in [2.05, 4.69) is 17.3 Å². The molecule has 0 spiro atoms. The summed E-state index contributed by atoms with van der Waals surface area (Å²) in [6.07, 6.45) is 2.01. The van der Waals surface area contributed by atoms with Crippen molar-refractivity contribution in [3.63, 3.8) is 0 Å². The Morgan fingerprint density at radius 1 is 1.41 bits per heavy atom. The van der Waals surface area contributed by atoms with Gasteiger partial charge in [-0.3, -0.25) is 0 Å². The lowest BCUT2D eigenvalue weighted by Gasteiger charge is -2.30. The van der Waals surface area contributed by atoms with Crippen LogP contribution in [0.25, 0.3) is 0 Å². The van der Waals surface area contributed by atoms with Gasteiger partial charge in [-0.05, 0) is 51.2 Å². The summed E-state index contributed by atoms with van der Waals surface area (Å²) < 4.78 is 13.6. The Morgan fingerprint density at radius 2 is 2.12 bits per heavy atom. The Labute approximate surface area is 101 Å². The van der Waals surface area contributed by atoms with E-state index in [9.17, 15) is 4.39 Å². The van der Waals surface area contributed by atoms with Crippen LogP contribution in [0.2, 0.25) is 0 Å². The Hall–Kier alpha value is -1.60. The van der Waals surface area contributed by atoms with E-state index in [4.69, 9.17) is 5.26 Å². The van der Waals surface area contributed by atoms with Crippen molar-refractivity contribution >= 4 is 5.69 Å². The van der Waals surface area contributed by atoms with E-state index < -0.39 is 0 Å². The molecule has 0 saturated carbocycles. The van der Waals surface area contributed by atoms with Crippen LogP contribution in [-0.4, -0.2) is 31.1 Å². The smallest absolute Gasteiger partial charge is 0.146 e. The number of hydrogen-bond acceptors (Lipinski definition) is 3. The fraction of sp³-hybridized carbons (Fsp3) is 0.462. The van der Waals surface area contributed by atoms with E-state index in [1.54, 1.807) is 6.07 Å². The van der Waals surface area contributed by atoms with Crippen molar-refractivity contribution < 1.29 is 4.39 Å². The average Bonchev–Trinajstić information content (AvgIpc) is 2.35. The molecule has 1 N–H and O–H groups in total. The standard InChI is InChI=1S/C13H16FN3/c1-17-6-4-11(5-7-17)16-13-8-10(9-15)2-3-12(13)14/h2-3,8,11,16H,4-7H2,1H3. The lowest BCUT2D eigenvalue weighted by Crippen LogP contribution is -2.36. The quantitative estimate of drug-likeness (QED) is 0.851. The molecule has 0 aromatic heterocycles. The van der Waals surface area contributed by atoms with Crippen molar-refractivity contribution in [2.45, 2.75) is 18.9 Å². The monoisotopic (exact) mass is 233 g/mol. The minimum Gasteiger partial charge on any atom is -0.380 e. The Kier molecular flexibility index (Phi) is 3.60. The fourth-order valence-corrected chi connectivity index (χ4v) is 2.08. The minimum absolute atomic E-state index is 0.289. The lowest BCUT2D eigenvalue weighted by atomic mass is 10.0. The lowest BCUT2D eigenvalue weighted by molar-refractivity contribution is 0.263. The van der Waals surface area contributed by atoms with Crippen molar-refractivity contribution in [3.8, 4) is 6.07 Å². The molecule has 2 rings (SSSR count). The van der Waals surface area contributed by atoms with Gasteiger partial charge in [-0.25, -0.2) is 4.39 Å². The highest BCUT2D eigenvalue weighted by Crippen LogP contribution is 2.20. The molecule has 0 radical (unpaired) electrons. The maximum atomic E-state index is 13.6. The summed E-state index contributed by atoms with van der Waals surface area (Å²) in [5.41, 5.74) is 0.931. The summed E-state index contributed by atoms with van der Waals surface area (Å²) in [4.78, 5) is 2.26. The molecule has 0 bridgehead atoms. The van der Waals surface area contributed by atoms with Crippen LogP contribution in [0.4, 0.5) is 10.1 Å². The number of halogens is 1. The van der Waals surface area contributed by atoms with Crippen LogP contribution >= 0.6 is 0 Å². The predicted molar refractivity (Wildman–Crippen MR) is 65.3 cm³/mol. The van der Waals surface area contributed by atoms with Gasteiger partial charge in [-0.2, -0.15) is 5.26 Å². The van der Waals surface area contributed by atoms with Gasteiger partial charge < -0.3 is 10.2 Å². The van der Waals surface area contributed by atoms with Crippen LogP contribution < -0.4 is 5.32 Å². The Bertz CT molecular complexity index is 431. The molecule has 1 aliphatic heterocycles. The molecule has 0 aliphatic carbocycles. The number of benzene rings is 1. The van der Waals surface area contributed by atoms with Gasteiger partial charge in [0, 0.05) is 6.04 Å². The van der Waals surface area contributed by atoms with Gasteiger partial charge in [-0.1, -0.05) is 0 Å². The van der Waals surface area contributed by atoms with Crippen molar-refractivity contribution in [2.24, 2.45) is 0 Å². The van der Waals surface area contributed by atoms with E-state index >= 15 is 0 Å². The number of nitrogens with zero attached hydrogens (tertiary/aromatic N) is 2. The van der Waals surface area contributed by atoms with E-state index in [1.165, 1.54) is 12.1 Å². The molecule has 17 heavy (non-hydrogen) atoms. The molecule has 1 heterocycles. The molecule has 3 nitrogen and oxygen atoms in total. The maximum absolute atomic E-state index is 13.6. The van der Waals surface area contributed by atoms with Crippen molar-refractivity contribution in [3.05, 3.63) is 29.6 Å². The zero-order valence-corrected chi connectivity index (χ0v) is 9.91. The Morgan fingerprint density at radius 3 is 2.76 bits per heavy atom. The third-order valence-corrected chi connectivity index (χ3v) is 3.17. The molecule has 0 amide bonds. The van der Waals surface area contributed by atoms with Crippen LogP contribution in [0, 0.1) is 17.1 Å². The first-order valence-corrected chi connectivity index (χ1v) is 5.84. The number of rotatable bonds is 2. The zero-order valence-electron chi connectivity index (χ0n) is 9.91. The van der Waals surface area contributed by atoms with E-state index in [0.717, 1.165) is 25.9 Å². The number of likely N-dealkylation sites (tertiary alicyclic amines) is 1. The van der Waals surface area contributed by atoms with Gasteiger partial charge in [0.25, 0.3) is 0 Å². The molecular formula is C13H16FN3. The molecule has 1 aromatic carbocycles. The van der Waals surface area contributed by atoms with Gasteiger partial charge in [0.05, 0.1) is 17.3 Å². The van der Waals surface area contributed by atoms with Crippen LogP contribution in [0.15, 0.2) is 18.2 Å². The number of piperidine rings is 1.